The Labute approximate surface area is 128 Å². The van der Waals surface area contributed by atoms with Crippen molar-refractivity contribution < 1.29 is 9.90 Å². The first-order valence-corrected chi connectivity index (χ1v) is 8.26. The average Bonchev–Trinajstić information content (AvgIpc) is 3.19. The molecule has 1 aromatic carbocycles. The second kappa shape index (κ2) is 6.41. The normalized spacial score (nSPS) is 19.7. The zero-order chi connectivity index (χ0) is 14.7. The minimum atomic E-state index is -0.507. The van der Waals surface area contributed by atoms with Crippen LogP contribution in [0.2, 0.25) is 0 Å². The van der Waals surface area contributed by atoms with Gasteiger partial charge in [0.1, 0.15) is 0 Å². The second-order valence-corrected chi connectivity index (χ2v) is 6.25. The molecule has 1 aliphatic rings. The number of likely N-dealkylation sites (tertiary alicyclic amines) is 1. The first kappa shape index (κ1) is 14.3. The Morgan fingerprint density at radius 2 is 2.14 bits per heavy atom. The molecule has 1 amide bonds. The maximum absolute atomic E-state index is 12.5. The third kappa shape index (κ3) is 3.17. The van der Waals surface area contributed by atoms with E-state index in [1.54, 1.807) is 11.3 Å². The Bertz CT molecular complexity index is 582. The van der Waals surface area contributed by atoms with Gasteiger partial charge in [-0.1, -0.05) is 30.3 Å². The number of benzene rings is 1. The summed E-state index contributed by atoms with van der Waals surface area (Å²) < 4.78 is 0. The lowest BCUT2D eigenvalue weighted by atomic mass is 10.0. The van der Waals surface area contributed by atoms with Crippen molar-refractivity contribution in [2.24, 2.45) is 0 Å². The third-order valence-electron chi connectivity index (χ3n) is 4.09. The number of hydrogen-bond acceptors (Lipinski definition) is 3. The Balaban J connectivity index is 1.68. The van der Waals surface area contributed by atoms with Crippen molar-refractivity contribution in [3.8, 4) is 0 Å². The lowest BCUT2D eigenvalue weighted by Gasteiger charge is -2.26. The molecule has 3 nitrogen and oxygen atoms in total. The summed E-state index contributed by atoms with van der Waals surface area (Å²) in [5.41, 5.74) is 1.69. The number of nitrogens with zero attached hydrogens (tertiary/aromatic N) is 1. The Hall–Kier alpha value is -1.65. The van der Waals surface area contributed by atoms with Crippen molar-refractivity contribution in [3.05, 3.63) is 58.3 Å². The first-order valence-electron chi connectivity index (χ1n) is 7.32. The summed E-state index contributed by atoms with van der Waals surface area (Å²) in [5.74, 6) is 0.0963. The summed E-state index contributed by atoms with van der Waals surface area (Å²) >= 11 is 1.54. The molecular formula is C17H19NO2S. The van der Waals surface area contributed by atoms with E-state index < -0.39 is 6.10 Å². The number of rotatable bonds is 4. The molecule has 2 unspecified atom stereocenters. The molecule has 4 heteroatoms. The van der Waals surface area contributed by atoms with Gasteiger partial charge in [-0.25, -0.2) is 0 Å². The monoisotopic (exact) mass is 301 g/mol. The van der Waals surface area contributed by atoms with E-state index in [1.165, 1.54) is 0 Å². The second-order valence-electron chi connectivity index (χ2n) is 5.47. The molecule has 0 bridgehead atoms. The van der Waals surface area contributed by atoms with E-state index in [0.29, 0.717) is 6.42 Å². The minimum absolute atomic E-state index is 0.0963. The molecule has 1 aromatic heterocycles. The Morgan fingerprint density at radius 1 is 1.33 bits per heavy atom. The molecule has 2 aromatic rings. The van der Waals surface area contributed by atoms with Crippen LogP contribution < -0.4 is 0 Å². The topological polar surface area (TPSA) is 40.5 Å². The van der Waals surface area contributed by atoms with Crippen LogP contribution in [-0.2, 0) is 0 Å². The highest BCUT2D eigenvalue weighted by Crippen LogP contribution is 2.28. The van der Waals surface area contributed by atoms with E-state index in [0.717, 1.165) is 30.5 Å². The summed E-state index contributed by atoms with van der Waals surface area (Å²) in [7, 11) is 0. The molecular weight excluding hydrogens is 282 g/mol. The van der Waals surface area contributed by atoms with Gasteiger partial charge in [-0.2, -0.15) is 11.3 Å². The molecule has 0 aliphatic carbocycles. The van der Waals surface area contributed by atoms with Gasteiger partial charge in [0.2, 0.25) is 0 Å². The summed E-state index contributed by atoms with van der Waals surface area (Å²) in [6, 6.07) is 11.7. The molecule has 110 valence electrons. The Kier molecular flexibility index (Phi) is 4.36. The van der Waals surface area contributed by atoms with Crippen molar-refractivity contribution in [3.63, 3.8) is 0 Å². The smallest absolute Gasteiger partial charge is 0.254 e. The highest BCUT2D eigenvalue weighted by Gasteiger charge is 2.31. The highest BCUT2D eigenvalue weighted by molar-refractivity contribution is 7.08. The molecule has 0 spiro atoms. The van der Waals surface area contributed by atoms with Gasteiger partial charge in [0.15, 0.2) is 0 Å². The quantitative estimate of drug-likeness (QED) is 0.939. The number of amides is 1. The summed E-state index contributed by atoms with van der Waals surface area (Å²) in [5, 5.41) is 14.2. The highest BCUT2D eigenvalue weighted by atomic mass is 32.1. The van der Waals surface area contributed by atoms with E-state index in [1.807, 2.05) is 52.1 Å². The maximum Gasteiger partial charge on any atom is 0.254 e. The maximum atomic E-state index is 12.5. The van der Waals surface area contributed by atoms with Gasteiger partial charge in [-0.05, 0) is 36.3 Å². The fraction of sp³-hybridized carbons (Fsp3) is 0.353. The van der Waals surface area contributed by atoms with Crippen LogP contribution in [0.3, 0.4) is 0 Å². The number of carbonyl (C=O) groups is 1. The van der Waals surface area contributed by atoms with Crippen LogP contribution in [0.5, 0.6) is 0 Å². The number of aliphatic hydroxyl groups is 1. The fourth-order valence-electron chi connectivity index (χ4n) is 2.97. The van der Waals surface area contributed by atoms with Crippen LogP contribution in [-0.4, -0.2) is 28.5 Å². The van der Waals surface area contributed by atoms with E-state index in [-0.39, 0.29) is 11.9 Å². The van der Waals surface area contributed by atoms with Crippen LogP contribution in [0.1, 0.15) is 41.3 Å². The van der Waals surface area contributed by atoms with E-state index in [9.17, 15) is 9.90 Å². The van der Waals surface area contributed by atoms with Crippen molar-refractivity contribution in [1.29, 1.82) is 0 Å². The fourth-order valence-corrected chi connectivity index (χ4v) is 3.60. The van der Waals surface area contributed by atoms with E-state index in [2.05, 4.69) is 0 Å². The predicted octanol–water partition coefficient (Wildman–Crippen LogP) is 3.48. The largest absolute Gasteiger partial charge is 0.388 e. The van der Waals surface area contributed by atoms with Crippen LogP contribution in [0.15, 0.2) is 47.2 Å². The SMILES string of the molecule is O=C(c1ccsc1)N1CCCC1CC(O)c1ccccc1. The van der Waals surface area contributed by atoms with Gasteiger partial charge in [0.05, 0.1) is 11.7 Å². The van der Waals surface area contributed by atoms with Crippen LogP contribution in [0.25, 0.3) is 0 Å². The summed E-state index contributed by atoms with van der Waals surface area (Å²) in [4.78, 5) is 14.4. The lowest BCUT2D eigenvalue weighted by molar-refractivity contribution is 0.0667. The summed E-state index contributed by atoms with van der Waals surface area (Å²) in [6.45, 7) is 0.793. The zero-order valence-electron chi connectivity index (χ0n) is 11.8. The molecule has 1 aliphatic heterocycles. The molecule has 1 saturated heterocycles. The average molecular weight is 301 g/mol. The number of thiophene rings is 1. The molecule has 2 atom stereocenters. The molecule has 21 heavy (non-hydrogen) atoms. The lowest BCUT2D eigenvalue weighted by Crippen LogP contribution is -2.36. The van der Waals surface area contributed by atoms with Gasteiger partial charge in [-0.3, -0.25) is 4.79 Å². The van der Waals surface area contributed by atoms with Gasteiger partial charge < -0.3 is 10.0 Å². The van der Waals surface area contributed by atoms with Crippen molar-refractivity contribution >= 4 is 17.2 Å². The summed E-state index contributed by atoms with van der Waals surface area (Å²) in [6.07, 6.45) is 2.09. The van der Waals surface area contributed by atoms with Crippen LogP contribution >= 0.6 is 11.3 Å². The molecule has 3 rings (SSSR count). The molecule has 0 radical (unpaired) electrons. The molecule has 1 N–H and O–H groups in total. The number of hydrogen-bond donors (Lipinski definition) is 1. The Morgan fingerprint density at radius 3 is 2.86 bits per heavy atom. The number of carbonyl (C=O) groups excluding carboxylic acids is 1. The molecule has 1 fully saturated rings. The number of aliphatic hydroxyl groups excluding tert-OH is 1. The van der Waals surface area contributed by atoms with Gasteiger partial charge in [0.25, 0.3) is 5.91 Å². The van der Waals surface area contributed by atoms with Crippen molar-refractivity contribution in [2.75, 3.05) is 6.54 Å². The zero-order valence-corrected chi connectivity index (χ0v) is 12.6. The van der Waals surface area contributed by atoms with Crippen molar-refractivity contribution in [1.82, 2.24) is 4.90 Å². The van der Waals surface area contributed by atoms with Gasteiger partial charge in [-0.15, -0.1) is 0 Å². The van der Waals surface area contributed by atoms with Crippen molar-refractivity contribution in [2.45, 2.75) is 31.4 Å². The third-order valence-corrected chi connectivity index (χ3v) is 4.77. The predicted molar refractivity (Wildman–Crippen MR) is 84.4 cm³/mol. The molecule has 0 saturated carbocycles. The minimum Gasteiger partial charge on any atom is -0.388 e. The van der Waals surface area contributed by atoms with Crippen LogP contribution in [0.4, 0.5) is 0 Å². The van der Waals surface area contributed by atoms with Gasteiger partial charge in [0, 0.05) is 18.0 Å². The van der Waals surface area contributed by atoms with Crippen LogP contribution in [0, 0.1) is 0 Å². The first-order chi connectivity index (χ1) is 10.3. The molecule has 2 heterocycles. The van der Waals surface area contributed by atoms with E-state index in [4.69, 9.17) is 0 Å². The standard InChI is InChI=1S/C17H19NO2S/c19-16(13-5-2-1-3-6-13)11-15-7-4-9-18(15)17(20)14-8-10-21-12-14/h1-3,5-6,8,10,12,15-16,19H,4,7,9,11H2. The van der Waals surface area contributed by atoms with Gasteiger partial charge >= 0.3 is 0 Å². The van der Waals surface area contributed by atoms with E-state index >= 15 is 0 Å².